The maximum Gasteiger partial charge on any atom is 0.253 e. The second-order valence-electron chi connectivity index (χ2n) is 5.58. The van der Waals surface area contributed by atoms with Gasteiger partial charge in [0.2, 0.25) is 0 Å². The Morgan fingerprint density at radius 1 is 1.43 bits per heavy atom. The van der Waals surface area contributed by atoms with E-state index in [-0.39, 0.29) is 12.5 Å². The lowest BCUT2D eigenvalue weighted by atomic mass is 9.96. The van der Waals surface area contributed by atoms with Crippen LogP contribution in [0.3, 0.4) is 0 Å². The molecule has 2 rings (SSSR count). The van der Waals surface area contributed by atoms with Crippen molar-refractivity contribution in [2.45, 2.75) is 27.3 Å². The highest BCUT2D eigenvalue weighted by Crippen LogP contribution is 2.29. The first-order valence-electron chi connectivity index (χ1n) is 6.25. The van der Waals surface area contributed by atoms with Gasteiger partial charge in [-0.15, -0.1) is 6.42 Å². The van der Waals surface area contributed by atoms with Gasteiger partial charge in [-0.25, -0.2) is 0 Å². The number of nitrogens with zero attached hydrogens (tertiary/aromatic N) is 2. The van der Waals surface area contributed by atoms with Crippen LogP contribution in [0.5, 0.6) is 0 Å². The lowest BCUT2D eigenvalue weighted by molar-refractivity contribution is -0.125. The molecule has 0 saturated carbocycles. The molecular formula is C15H14Cl2N2OS. The first kappa shape index (κ1) is 16.1. The zero-order chi connectivity index (χ0) is 15.8. The molecule has 0 fully saturated rings. The summed E-state index contributed by atoms with van der Waals surface area (Å²) < 4.78 is 2.62. The number of rotatable bonds is 1. The fourth-order valence-corrected chi connectivity index (χ4v) is 3.52. The normalized spacial score (nSPS) is 12.7. The van der Waals surface area contributed by atoms with Gasteiger partial charge in [-0.1, -0.05) is 61.2 Å². The molecule has 0 atom stereocenters. The Morgan fingerprint density at radius 3 is 2.67 bits per heavy atom. The topological polar surface area (TPSA) is 34.4 Å². The Hall–Kier alpha value is -1.28. The predicted molar refractivity (Wildman–Crippen MR) is 88.7 cm³/mol. The molecule has 0 bridgehead atoms. The number of fused-ring (bicyclic) bond motifs is 1. The Labute approximate surface area is 137 Å². The molecule has 0 unspecified atom stereocenters. The monoisotopic (exact) mass is 340 g/mol. The van der Waals surface area contributed by atoms with E-state index in [0.717, 1.165) is 10.2 Å². The molecule has 0 aliphatic heterocycles. The van der Waals surface area contributed by atoms with Crippen LogP contribution < -0.4 is 4.80 Å². The molecule has 0 aliphatic rings. The van der Waals surface area contributed by atoms with Crippen molar-refractivity contribution < 1.29 is 4.79 Å². The van der Waals surface area contributed by atoms with Crippen LogP contribution >= 0.6 is 34.5 Å². The first-order chi connectivity index (χ1) is 9.74. The third-order valence-corrected chi connectivity index (χ3v) is 4.32. The summed E-state index contributed by atoms with van der Waals surface area (Å²) in [4.78, 5) is 16.9. The molecule has 6 heteroatoms. The van der Waals surface area contributed by atoms with Gasteiger partial charge < -0.3 is 4.57 Å². The van der Waals surface area contributed by atoms with Gasteiger partial charge in [-0.05, 0) is 12.1 Å². The minimum absolute atomic E-state index is 0.206. The highest BCUT2D eigenvalue weighted by Gasteiger charge is 2.21. The van der Waals surface area contributed by atoms with Crippen molar-refractivity contribution >= 4 is 50.7 Å². The average Bonchev–Trinajstić information content (AvgIpc) is 2.66. The Bertz CT molecular complexity index is 819. The highest BCUT2D eigenvalue weighted by molar-refractivity contribution is 7.16. The molecule has 0 saturated heterocycles. The van der Waals surface area contributed by atoms with Crippen molar-refractivity contribution in [2.24, 2.45) is 10.4 Å². The molecule has 0 spiro atoms. The quantitative estimate of drug-likeness (QED) is 0.719. The number of halogens is 2. The molecule has 0 aliphatic carbocycles. The molecule has 21 heavy (non-hydrogen) atoms. The number of carbonyl (C=O) groups is 1. The Morgan fingerprint density at radius 2 is 2.10 bits per heavy atom. The van der Waals surface area contributed by atoms with Gasteiger partial charge >= 0.3 is 0 Å². The predicted octanol–water partition coefficient (Wildman–Crippen LogP) is 4.12. The van der Waals surface area contributed by atoms with Crippen molar-refractivity contribution in [3.63, 3.8) is 0 Å². The maximum absolute atomic E-state index is 12.1. The SMILES string of the molecule is C#CCn1c(=NC(=O)C(C)(C)C)sc2cc(Cl)cc(Cl)c21. The Kier molecular flexibility index (Phi) is 4.48. The van der Waals surface area contributed by atoms with Gasteiger partial charge in [0, 0.05) is 10.4 Å². The summed E-state index contributed by atoms with van der Waals surface area (Å²) in [6.45, 7) is 5.75. The molecule has 1 heterocycles. The number of thiazole rings is 1. The number of terminal acetylenes is 1. The van der Waals surface area contributed by atoms with E-state index < -0.39 is 5.41 Å². The number of amides is 1. The number of hydrogen-bond acceptors (Lipinski definition) is 2. The van der Waals surface area contributed by atoms with Crippen molar-refractivity contribution in [1.82, 2.24) is 4.57 Å². The summed E-state index contributed by atoms with van der Waals surface area (Å²) in [5.41, 5.74) is 0.204. The van der Waals surface area contributed by atoms with Crippen LogP contribution in [0.15, 0.2) is 17.1 Å². The molecular weight excluding hydrogens is 327 g/mol. The third-order valence-electron chi connectivity index (χ3n) is 2.78. The lowest BCUT2D eigenvalue weighted by Crippen LogP contribution is -2.23. The van der Waals surface area contributed by atoms with E-state index in [2.05, 4.69) is 10.9 Å². The van der Waals surface area contributed by atoms with E-state index in [9.17, 15) is 4.79 Å². The van der Waals surface area contributed by atoms with Gasteiger partial charge in [-0.3, -0.25) is 4.79 Å². The molecule has 2 aromatic rings. The van der Waals surface area contributed by atoms with Gasteiger partial charge in [0.15, 0.2) is 4.80 Å². The van der Waals surface area contributed by atoms with Gasteiger partial charge in [0.25, 0.3) is 5.91 Å². The van der Waals surface area contributed by atoms with Crippen LogP contribution in [0.1, 0.15) is 20.8 Å². The summed E-state index contributed by atoms with van der Waals surface area (Å²) in [6, 6.07) is 3.45. The van der Waals surface area contributed by atoms with Crippen molar-refractivity contribution in [3.8, 4) is 12.3 Å². The van der Waals surface area contributed by atoms with E-state index in [1.807, 2.05) is 20.8 Å². The van der Waals surface area contributed by atoms with E-state index in [0.29, 0.717) is 14.8 Å². The summed E-state index contributed by atoms with van der Waals surface area (Å²) >= 11 is 13.6. The van der Waals surface area contributed by atoms with Crippen molar-refractivity contribution in [1.29, 1.82) is 0 Å². The van der Waals surface area contributed by atoms with Crippen molar-refractivity contribution in [3.05, 3.63) is 27.0 Å². The fourth-order valence-electron chi connectivity index (χ4n) is 1.71. The van der Waals surface area contributed by atoms with Gasteiger partial charge in [0.05, 0.1) is 21.8 Å². The second-order valence-corrected chi connectivity index (χ2v) is 7.43. The van der Waals surface area contributed by atoms with Gasteiger partial charge in [-0.2, -0.15) is 4.99 Å². The number of benzene rings is 1. The molecule has 1 aromatic heterocycles. The number of aromatic nitrogens is 1. The van der Waals surface area contributed by atoms with Gasteiger partial charge in [0.1, 0.15) is 0 Å². The average molecular weight is 341 g/mol. The molecule has 1 amide bonds. The Balaban J connectivity index is 2.78. The second kappa shape index (κ2) is 5.84. The molecule has 0 radical (unpaired) electrons. The standard InChI is InChI=1S/C15H14Cl2N2OS/c1-5-6-19-12-10(17)7-9(16)8-11(12)21-14(19)18-13(20)15(2,3)4/h1,7-8H,6H2,2-4H3. The highest BCUT2D eigenvalue weighted by atomic mass is 35.5. The first-order valence-corrected chi connectivity index (χ1v) is 7.82. The lowest BCUT2D eigenvalue weighted by Gasteiger charge is -2.11. The van der Waals surface area contributed by atoms with E-state index in [1.54, 1.807) is 16.7 Å². The zero-order valence-electron chi connectivity index (χ0n) is 11.9. The summed E-state index contributed by atoms with van der Waals surface area (Å²) in [5.74, 6) is 2.36. The van der Waals surface area contributed by atoms with Crippen LogP contribution in [0.25, 0.3) is 10.2 Å². The molecule has 110 valence electrons. The summed E-state index contributed by atoms with van der Waals surface area (Å²) in [5, 5.41) is 1.03. The fraction of sp³-hybridized carbons (Fsp3) is 0.333. The molecule has 0 N–H and O–H groups in total. The van der Waals surface area contributed by atoms with E-state index in [1.165, 1.54) is 11.3 Å². The number of hydrogen-bond donors (Lipinski definition) is 0. The minimum Gasteiger partial charge on any atom is -0.303 e. The number of carbonyl (C=O) groups excluding carboxylic acids is 1. The molecule has 3 nitrogen and oxygen atoms in total. The summed E-state index contributed by atoms with van der Waals surface area (Å²) in [7, 11) is 0. The van der Waals surface area contributed by atoms with Crippen LogP contribution in [0.2, 0.25) is 10.0 Å². The maximum atomic E-state index is 12.1. The van der Waals surface area contributed by atoms with Crippen LogP contribution in [-0.2, 0) is 11.3 Å². The molecule has 1 aromatic carbocycles. The van der Waals surface area contributed by atoms with Crippen LogP contribution in [0, 0.1) is 17.8 Å². The van der Waals surface area contributed by atoms with Crippen LogP contribution in [-0.4, -0.2) is 10.5 Å². The minimum atomic E-state index is -0.550. The largest absolute Gasteiger partial charge is 0.303 e. The van der Waals surface area contributed by atoms with E-state index in [4.69, 9.17) is 29.6 Å². The zero-order valence-corrected chi connectivity index (χ0v) is 14.2. The van der Waals surface area contributed by atoms with E-state index >= 15 is 0 Å². The van der Waals surface area contributed by atoms with Crippen LogP contribution in [0.4, 0.5) is 0 Å². The van der Waals surface area contributed by atoms with Crippen molar-refractivity contribution in [2.75, 3.05) is 0 Å². The smallest absolute Gasteiger partial charge is 0.253 e. The summed E-state index contributed by atoms with van der Waals surface area (Å²) in [6.07, 6.45) is 5.41. The third kappa shape index (κ3) is 3.32.